The molecule has 9 nitrogen and oxygen atoms in total. The summed E-state index contributed by atoms with van der Waals surface area (Å²) in [5, 5.41) is 6.37. The first kappa shape index (κ1) is 13.5. The van der Waals surface area contributed by atoms with E-state index >= 15 is 0 Å². The lowest BCUT2D eigenvalue weighted by Gasteiger charge is -2.06. The number of fused-ring (bicyclic) bond motifs is 1. The average Bonchev–Trinajstić information content (AvgIpc) is 3.12. The molecule has 3 heterocycles. The third-order valence-electron chi connectivity index (χ3n) is 2.80. The Morgan fingerprint density at radius 2 is 2.24 bits per heavy atom. The standard InChI is InChI=1S/C11H12N6O3S/c1-12-10-11(17-5-3-2-4-9(17)15-10)21(18,19)14-6-8-13-7-20-16-8/h2-5,7,12,14H,6H2,1H3. The number of anilines is 1. The van der Waals surface area contributed by atoms with Gasteiger partial charge in [-0.1, -0.05) is 11.2 Å². The number of aromatic nitrogens is 4. The molecule has 0 aliphatic heterocycles. The fraction of sp³-hybridized carbons (Fsp3) is 0.182. The molecule has 0 radical (unpaired) electrons. The maximum Gasteiger partial charge on any atom is 0.260 e. The highest BCUT2D eigenvalue weighted by atomic mass is 32.2. The topological polar surface area (TPSA) is 114 Å². The molecule has 10 heteroatoms. The molecule has 3 aromatic rings. The maximum absolute atomic E-state index is 12.5. The number of sulfonamides is 1. The molecule has 2 N–H and O–H groups in total. The third-order valence-corrected chi connectivity index (χ3v) is 4.23. The Morgan fingerprint density at radius 1 is 1.38 bits per heavy atom. The molecule has 3 aromatic heterocycles. The zero-order chi connectivity index (χ0) is 14.9. The van der Waals surface area contributed by atoms with Gasteiger partial charge in [0.05, 0.1) is 6.54 Å². The molecule has 0 spiro atoms. The van der Waals surface area contributed by atoms with E-state index in [4.69, 9.17) is 0 Å². The van der Waals surface area contributed by atoms with Crippen LogP contribution in [-0.4, -0.2) is 35.0 Å². The summed E-state index contributed by atoms with van der Waals surface area (Å²) in [6.07, 6.45) is 2.77. The minimum absolute atomic E-state index is 0.0316. The molecule has 0 amide bonds. The van der Waals surface area contributed by atoms with Crippen LogP contribution in [0.4, 0.5) is 5.82 Å². The summed E-state index contributed by atoms with van der Waals surface area (Å²) in [7, 11) is -2.18. The smallest absolute Gasteiger partial charge is 0.260 e. The van der Waals surface area contributed by atoms with Crippen molar-refractivity contribution in [3.05, 3.63) is 36.6 Å². The number of nitrogens with one attached hydrogen (secondary N) is 2. The summed E-state index contributed by atoms with van der Waals surface area (Å²) in [5.74, 6) is 0.514. The molecule has 0 aliphatic rings. The third kappa shape index (κ3) is 2.45. The quantitative estimate of drug-likeness (QED) is 0.693. The molecule has 21 heavy (non-hydrogen) atoms. The summed E-state index contributed by atoms with van der Waals surface area (Å²) in [6.45, 7) is -0.0674. The zero-order valence-electron chi connectivity index (χ0n) is 11.0. The van der Waals surface area contributed by atoms with E-state index in [-0.39, 0.29) is 23.2 Å². The van der Waals surface area contributed by atoms with Crippen LogP contribution >= 0.6 is 0 Å². The first-order chi connectivity index (χ1) is 10.1. The molecular weight excluding hydrogens is 296 g/mol. The Bertz CT molecular complexity index is 855. The van der Waals surface area contributed by atoms with Crippen LogP contribution in [0.3, 0.4) is 0 Å². The monoisotopic (exact) mass is 308 g/mol. The Kier molecular flexibility index (Phi) is 3.31. The Morgan fingerprint density at radius 3 is 2.95 bits per heavy atom. The van der Waals surface area contributed by atoms with Crippen molar-refractivity contribution in [1.82, 2.24) is 24.2 Å². The van der Waals surface area contributed by atoms with Crippen molar-refractivity contribution in [2.45, 2.75) is 11.6 Å². The molecule has 110 valence electrons. The van der Waals surface area contributed by atoms with Crippen molar-refractivity contribution in [2.24, 2.45) is 0 Å². The van der Waals surface area contributed by atoms with E-state index in [1.807, 2.05) is 0 Å². The molecule has 0 fully saturated rings. The van der Waals surface area contributed by atoms with Gasteiger partial charge in [0.2, 0.25) is 6.39 Å². The van der Waals surface area contributed by atoms with Crippen molar-refractivity contribution in [1.29, 1.82) is 0 Å². The van der Waals surface area contributed by atoms with Crippen LogP contribution in [0.1, 0.15) is 5.82 Å². The summed E-state index contributed by atoms with van der Waals surface area (Å²) >= 11 is 0. The highest BCUT2D eigenvalue weighted by Gasteiger charge is 2.24. The van der Waals surface area contributed by atoms with Crippen LogP contribution < -0.4 is 10.0 Å². The van der Waals surface area contributed by atoms with Crippen LogP contribution in [-0.2, 0) is 16.6 Å². The molecule has 0 saturated carbocycles. The number of rotatable bonds is 5. The number of hydrogen-bond donors (Lipinski definition) is 2. The van der Waals surface area contributed by atoms with E-state index in [9.17, 15) is 8.42 Å². The molecule has 0 unspecified atom stereocenters. The van der Waals surface area contributed by atoms with Gasteiger partial charge >= 0.3 is 0 Å². The largest absolute Gasteiger partial charge is 0.371 e. The number of nitrogens with zero attached hydrogens (tertiary/aromatic N) is 4. The van der Waals surface area contributed by atoms with Gasteiger partial charge in [-0.05, 0) is 12.1 Å². The second kappa shape index (κ2) is 5.14. The minimum Gasteiger partial charge on any atom is -0.371 e. The van der Waals surface area contributed by atoms with Crippen LogP contribution in [0.25, 0.3) is 5.65 Å². The normalized spacial score (nSPS) is 11.9. The number of imidazole rings is 1. The lowest BCUT2D eigenvalue weighted by atomic mass is 10.5. The van der Waals surface area contributed by atoms with Gasteiger partial charge in [0.25, 0.3) is 10.0 Å². The van der Waals surface area contributed by atoms with E-state index in [0.29, 0.717) is 5.65 Å². The van der Waals surface area contributed by atoms with Crippen LogP contribution in [0.2, 0.25) is 0 Å². The molecule has 0 aliphatic carbocycles. The predicted molar refractivity (Wildman–Crippen MR) is 73.1 cm³/mol. The van der Waals surface area contributed by atoms with Crippen molar-refractivity contribution in [3.8, 4) is 0 Å². The zero-order valence-corrected chi connectivity index (χ0v) is 11.8. The van der Waals surface area contributed by atoms with Gasteiger partial charge in [-0.3, -0.25) is 4.40 Å². The SMILES string of the molecule is CNc1nc2ccccn2c1S(=O)(=O)NCc1ncon1. The van der Waals surface area contributed by atoms with Gasteiger partial charge in [0.15, 0.2) is 16.7 Å². The molecule has 0 atom stereocenters. The van der Waals surface area contributed by atoms with Crippen molar-refractivity contribution in [3.63, 3.8) is 0 Å². The van der Waals surface area contributed by atoms with Crippen molar-refractivity contribution >= 4 is 21.5 Å². The van der Waals surface area contributed by atoms with Gasteiger partial charge in [0.1, 0.15) is 5.65 Å². The van der Waals surface area contributed by atoms with Crippen molar-refractivity contribution < 1.29 is 12.9 Å². The predicted octanol–water partition coefficient (Wildman–Crippen LogP) is 0.237. The van der Waals surface area contributed by atoms with E-state index in [1.165, 1.54) is 4.40 Å². The maximum atomic E-state index is 12.5. The Balaban J connectivity index is 2.01. The second-order valence-corrected chi connectivity index (χ2v) is 5.80. The van der Waals surface area contributed by atoms with Crippen LogP contribution in [0.5, 0.6) is 0 Å². The lowest BCUT2D eigenvalue weighted by Crippen LogP contribution is -2.25. The van der Waals surface area contributed by atoms with E-state index < -0.39 is 10.0 Å². The van der Waals surface area contributed by atoms with Gasteiger partial charge in [-0.15, -0.1) is 0 Å². The van der Waals surface area contributed by atoms with E-state index in [2.05, 4.69) is 29.7 Å². The van der Waals surface area contributed by atoms with Gasteiger partial charge in [-0.2, -0.15) is 4.98 Å². The van der Waals surface area contributed by atoms with E-state index in [0.717, 1.165) is 6.39 Å². The van der Waals surface area contributed by atoms with Gasteiger partial charge < -0.3 is 9.84 Å². The lowest BCUT2D eigenvalue weighted by molar-refractivity contribution is 0.409. The number of pyridine rings is 1. The summed E-state index contributed by atoms with van der Waals surface area (Å²) in [4.78, 5) is 7.99. The molecule has 0 aromatic carbocycles. The van der Waals surface area contributed by atoms with Crippen molar-refractivity contribution in [2.75, 3.05) is 12.4 Å². The fourth-order valence-electron chi connectivity index (χ4n) is 1.89. The Labute approximate surface area is 120 Å². The average molecular weight is 308 g/mol. The van der Waals surface area contributed by atoms with Crippen LogP contribution in [0.15, 0.2) is 40.3 Å². The number of hydrogen-bond acceptors (Lipinski definition) is 7. The van der Waals surface area contributed by atoms with Gasteiger partial charge in [0, 0.05) is 13.2 Å². The summed E-state index contributed by atoms with van der Waals surface area (Å²) in [6, 6.07) is 5.23. The first-order valence-corrected chi connectivity index (χ1v) is 7.50. The van der Waals surface area contributed by atoms with Gasteiger partial charge in [-0.25, -0.2) is 18.1 Å². The first-order valence-electron chi connectivity index (χ1n) is 6.01. The highest BCUT2D eigenvalue weighted by Crippen LogP contribution is 2.22. The Hall–Kier alpha value is -2.46. The van der Waals surface area contributed by atoms with E-state index in [1.54, 1.807) is 31.4 Å². The fourth-order valence-corrected chi connectivity index (χ4v) is 3.16. The second-order valence-electron chi connectivity index (χ2n) is 4.12. The highest BCUT2D eigenvalue weighted by molar-refractivity contribution is 7.89. The summed E-state index contributed by atoms with van der Waals surface area (Å²) in [5.41, 5.74) is 0.529. The summed E-state index contributed by atoms with van der Waals surface area (Å²) < 4.78 is 33.4. The minimum atomic E-state index is -3.80. The molecule has 3 rings (SSSR count). The molecular formula is C11H12N6O3S. The van der Waals surface area contributed by atoms with Crippen LogP contribution in [0, 0.1) is 0 Å². The molecule has 0 saturated heterocycles. The molecule has 0 bridgehead atoms.